The summed E-state index contributed by atoms with van der Waals surface area (Å²) in [7, 11) is 0. The smallest absolute Gasteiger partial charge is 0.307 e. The summed E-state index contributed by atoms with van der Waals surface area (Å²) >= 11 is 1.32. The molecule has 6 nitrogen and oxygen atoms in total. The van der Waals surface area contributed by atoms with Gasteiger partial charge in [0.25, 0.3) is 5.91 Å². The fraction of sp³-hybridized carbons (Fsp3) is 0.381. The Hall–Kier alpha value is -2.67. The molecule has 2 aromatic rings. The molecule has 2 aliphatic carbocycles. The Kier molecular flexibility index (Phi) is 4.93. The molecular weight excluding hydrogens is 376 g/mol. The number of carbonyl (C=O) groups is 3. The Morgan fingerprint density at radius 1 is 1.11 bits per heavy atom. The molecule has 2 amide bonds. The molecule has 0 saturated heterocycles. The number of aliphatic carboxylic acids is 1. The molecule has 4 atom stereocenters. The van der Waals surface area contributed by atoms with Crippen molar-refractivity contribution in [2.75, 3.05) is 5.32 Å². The standard InChI is InChI=1S/C21H22N2O4S/c22-18(24)15-10-14(8-11-4-2-1-3-5-11)28-20(15)23-19(25)16-12-6-7-13(9-12)17(16)21(26)27/h1-5,10,12-13,16-17H,6-9H2,(H2,22,24)(H,23,25)(H,26,27). The van der Waals surface area contributed by atoms with Crippen LogP contribution in [0.3, 0.4) is 0 Å². The van der Waals surface area contributed by atoms with Gasteiger partial charge in [0.05, 0.1) is 17.4 Å². The van der Waals surface area contributed by atoms with Crippen molar-refractivity contribution in [2.45, 2.75) is 25.7 Å². The number of carbonyl (C=O) groups excluding carboxylic acids is 2. The number of carboxylic acid groups (broad SMARTS) is 1. The number of thiophene rings is 1. The topological polar surface area (TPSA) is 109 Å². The van der Waals surface area contributed by atoms with Crippen LogP contribution in [0.25, 0.3) is 0 Å². The normalized spacial score (nSPS) is 25.6. The molecule has 146 valence electrons. The molecule has 2 aliphatic rings. The first-order chi connectivity index (χ1) is 13.4. The number of benzene rings is 1. The Labute approximate surface area is 166 Å². The second kappa shape index (κ2) is 7.39. The number of nitrogens with one attached hydrogen (secondary N) is 1. The number of amides is 2. The van der Waals surface area contributed by atoms with Gasteiger partial charge in [0.1, 0.15) is 5.00 Å². The molecule has 28 heavy (non-hydrogen) atoms. The third-order valence-electron chi connectivity index (χ3n) is 6.01. The van der Waals surface area contributed by atoms with Gasteiger partial charge in [0, 0.05) is 11.3 Å². The maximum atomic E-state index is 12.9. The number of fused-ring (bicyclic) bond motifs is 2. The summed E-state index contributed by atoms with van der Waals surface area (Å²) < 4.78 is 0. The zero-order valence-corrected chi connectivity index (χ0v) is 16.1. The second-order valence-corrected chi connectivity index (χ2v) is 8.83. The quantitative estimate of drug-likeness (QED) is 0.694. The summed E-state index contributed by atoms with van der Waals surface area (Å²) in [6.45, 7) is 0. The lowest BCUT2D eigenvalue weighted by Crippen LogP contribution is -2.38. The van der Waals surface area contributed by atoms with Gasteiger partial charge in [-0.15, -0.1) is 11.3 Å². The van der Waals surface area contributed by atoms with E-state index in [4.69, 9.17) is 5.73 Å². The van der Waals surface area contributed by atoms with E-state index in [1.54, 1.807) is 6.07 Å². The first-order valence-electron chi connectivity index (χ1n) is 9.44. The van der Waals surface area contributed by atoms with Gasteiger partial charge in [-0.3, -0.25) is 14.4 Å². The van der Waals surface area contributed by atoms with Crippen LogP contribution in [0, 0.1) is 23.7 Å². The van der Waals surface area contributed by atoms with E-state index in [1.165, 1.54) is 11.3 Å². The summed E-state index contributed by atoms with van der Waals surface area (Å²) in [6.07, 6.45) is 3.19. The monoisotopic (exact) mass is 398 g/mol. The van der Waals surface area contributed by atoms with E-state index in [-0.39, 0.29) is 23.3 Å². The fourth-order valence-corrected chi connectivity index (χ4v) is 5.92. The summed E-state index contributed by atoms with van der Waals surface area (Å²) in [5.41, 5.74) is 6.88. The highest BCUT2D eigenvalue weighted by molar-refractivity contribution is 7.16. The van der Waals surface area contributed by atoms with E-state index in [0.717, 1.165) is 29.7 Å². The maximum Gasteiger partial charge on any atom is 0.307 e. The predicted molar refractivity (Wildman–Crippen MR) is 106 cm³/mol. The van der Waals surface area contributed by atoms with E-state index in [2.05, 4.69) is 5.32 Å². The van der Waals surface area contributed by atoms with Gasteiger partial charge in [-0.1, -0.05) is 30.3 Å². The average molecular weight is 398 g/mol. The molecule has 4 unspecified atom stereocenters. The molecule has 7 heteroatoms. The van der Waals surface area contributed by atoms with E-state index >= 15 is 0 Å². The van der Waals surface area contributed by atoms with Crippen molar-refractivity contribution in [1.82, 2.24) is 0 Å². The highest BCUT2D eigenvalue weighted by Crippen LogP contribution is 2.52. The van der Waals surface area contributed by atoms with Gasteiger partial charge in [-0.2, -0.15) is 0 Å². The molecule has 4 rings (SSSR count). The van der Waals surface area contributed by atoms with Crippen LogP contribution in [0.1, 0.15) is 40.1 Å². The largest absolute Gasteiger partial charge is 0.481 e. The van der Waals surface area contributed by atoms with Crippen molar-refractivity contribution < 1.29 is 19.5 Å². The lowest BCUT2D eigenvalue weighted by atomic mass is 9.79. The summed E-state index contributed by atoms with van der Waals surface area (Å²) in [5, 5.41) is 12.8. The molecule has 2 bridgehead atoms. The van der Waals surface area contributed by atoms with Gasteiger partial charge < -0.3 is 16.2 Å². The molecule has 1 aromatic carbocycles. The zero-order chi connectivity index (χ0) is 19.8. The van der Waals surface area contributed by atoms with Crippen LogP contribution in [0.15, 0.2) is 36.4 Å². The minimum atomic E-state index is -0.904. The van der Waals surface area contributed by atoms with E-state index in [0.29, 0.717) is 11.4 Å². The van der Waals surface area contributed by atoms with Crippen LogP contribution in [0.4, 0.5) is 5.00 Å². The molecule has 1 aromatic heterocycles. The molecular formula is C21H22N2O4S. The number of carboxylic acids is 1. The molecule has 1 heterocycles. The Bertz CT molecular complexity index is 924. The SMILES string of the molecule is NC(=O)c1cc(Cc2ccccc2)sc1NC(=O)C1C2CCC(C2)C1C(=O)O. The van der Waals surface area contributed by atoms with Crippen molar-refractivity contribution in [3.8, 4) is 0 Å². The summed E-state index contributed by atoms with van der Waals surface area (Å²) in [6, 6.07) is 11.5. The van der Waals surface area contributed by atoms with Crippen molar-refractivity contribution in [2.24, 2.45) is 29.4 Å². The van der Waals surface area contributed by atoms with Crippen molar-refractivity contribution in [3.63, 3.8) is 0 Å². The number of rotatable bonds is 6. The maximum absolute atomic E-state index is 12.9. The van der Waals surface area contributed by atoms with Crippen molar-refractivity contribution >= 4 is 34.1 Å². The Morgan fingerprint density at radius 2 is 1.79 bits per heavy atom. The van der Waals surface area contributed by atoms with Crippen LogP contribution in [0.5, 0.6) is 0 Å². The third-order valence-corrected chi connectivity index (χ3v) is 7.06. The van der Waals surface area contributed by atoms with Gasteiger partial charge in [0.15, 0.2) is 0 Å². The van der Waals surface area contributed by atoms with Crippen LogP contribution in [-0.2, 0) is 16.0 Å². The van der Waals surface area contributed by atoms with Gasteiger partial charge >= 0.3 is 5.97 Å². The first kappa shape index (κ1) is 18.7. The second-order valence-electron chi connectivity index (χ2n) is 7.69. The zero-order valence-electron chi connectivity index (χ0n) is 15.3. The van der Waals surface area contributed by atoms with Crippen molar-refractivity contribution in [1.29, 1.82) is 0 Å². The van der Waals surface area contributed by atoms with Crippen molar-refractivity contribution in [3.05, 3.63) is 52.4 Å². The first-order valence-corrected chi connectivity index (χ1v) is 10.3. The number of primary amides is 1. The minimum absolute atomic E-state index is 0.0749. The fourth-order valence-electron chi connectivity index (χ4n) is 4.82. The molecule has 0 aliphatic heterocycles. The van der Waals surface area contributed by atoms with Gasteiger partial charge in [-0.05, 0) is 42.7 Å². The highest BCUT2D eigenvalue weighted by atomic mass is 32.1. The number of hydrogen-bond acceptors (Lipinski definition) is 4. The van der Waals surface area contributed by atoms with E-state index in [9.17, 15) is 19.5 Å². The molecule has 0 radical (unpaired) electrons. The van der Waals surface area contributed by atoms with Crippen LogP contribution in [0.2, 0.25) is 0 Å². The lowest BCUT2D eigenvalue weighted by Gasteiger charge is -2.26. The highest BCUT2D eigenvalue weighted by Gasteiger charge is 2.54. The molecule has 0 spiro atoms. The van der Waals surface area contributed by atoms with Crippen LogP contribution < -0.4 is 11.1 Å². The molecule has 2 fully saturated rings. The van der Waals surface area contributed by atoms with Crippen LogP contribution >= 0.6 is 11.3 Å². The van der Waals surface area contributed by atoms with Gasteiger partial charge in [-0.25, -0.2) is 0 Å². The third kappa shape index (κ3) is 3.42. The number of anilines is 1. The predicted octanol–water partition coefficient (Wildman–Crippen LogP) is 3.12. The van der Waals surface area contributed by atoms with E-state index in [1.807, 2.05) is 30.3 Å². The van der Waals surface area contributed by atoms with Gasteiger partial charge in [0.2, 0.25) is 5.91 Å². The summed E-state index contributed by atoms with van der Waals surface area (Å²) in [5.74, 6) is -2.82. The van der Waals surface area contributed by atoms with E-state index < -0.39 is 23.7 Å². The minimum Gasteiger partial charge on any atom is -0.481 e. The molecule has 2 saturated carbocycles. The summed E-state index contributed by atoms with van der Waals surface area (Å²) in [4.78, 5) is 37.4. The van der Waals surface area contributed by atoms with Crippen LogP contribution in [-0.4, -0.2) is 22.9 Å². The number of hydrogen-bond donors (Lipinski definition) is 3. The Morgan fingerprint density at radius 3 is 2.43 bits per heavy atom. The number of nitrogens with two attached hydrogens (primary N) is 1. The molecule has 4 N–H and O–H groups in total. The average Bonchev–Trinajstić information content (AvgIpc) is 3.36. The Balaban J connectivity index is 1.56. The lowest BCUT2D eigenvalue weighted by molar-refractivity contribution is -0.148.